The summed E-state index contributed by atoms with van der Waals surface area (Å²) in [5, 5.41) is 11.4. The summed E-state index contributed by atoms with van der Waals surface area (Å²) in [5.74, 6) is 0.0101. The molecule has 0 spiro atoms. The van der Waals surface area contributed by atoms with Crippen molar-refractivity contribution in [1.82, 2.24) is 4.90 Å². The number of nitro groups is 1. The van der Waals surface area contributed by atoms with E-state index in [1.807, 2.05) is 0 Å². The molecule has 0 radical (unpaired) electrons. The number of hydrogen-bond acceptors (Lipinski definition) is 7. The summed E-state index contributed by atoms with van der Waals surface area (Å²) in [6.07, 6.45) is 0.675. The lowest BCUT2D eigenvalue weighted by Gasteiger charge is -2.17. The van der Waals surface area contributed by atoms with Crippen molar-refractivity contribution >= 4 is 11.6 Å². The molecule has 1 heterocycles. The van der Waals surface area contributed by atoms with Crippen molar-refractivity contribution in [3.05, 3.63) is 27.8 Å². The summed E-state index contributed by atoms with van der Waals surface area (Å²) in [6.45, 7) is 1.39. The monoisotopic (exact) mass is 339 g/mol. The van der Waals surface area contributed by atoms with Gasteiger partial charge in [-0.2, -0.15) is 0 Å². The zero-order valence-corrected chi connectivity index (χ0v) is 13.7. The molecular weight excluding hydrogens is 318 g/mol. The number of likely N-dealkylation sites (tertiary alicyclic amines) is 1. The lowest BCUT2D eigenvalue weighted by Crippen LogP contribution is -2.32. The van der Waals surface area contributed by atoms with Gasteiger partial charge in [0.15, 0.2) is 11.5 Å². The van der Waals surface area contributed by atoms with Gasteiger partial charge in [0.25, 0.3) is 11.6 Å². The predicted molar refractivity (Wildman–Crippen MR) is 85.5 cm³/mol. The van der Waals surface area contributed by atoms with Crippen molar-refractivity contribution in [1.29, 1.82) is 0 Å². The highest BCUT2D eigenvalue weighted by Crippen LogP contribution is 2.35. The number of nitrogens with zero attached hydrogens (tertiary/aromatic N) is 2. The van der Waals surface area contributed by atoms with Crippen LogP contribution in [0.3, 0.4) is 0 Å². The molecule has 2 rings (SSSR count). The van der Waals surface area contributed by atoms with E-state index in [0.29, 0.717) is 26.1 Å². The topological polar surface area (TPSA) is 117 Å². The summed E-state index contributed by atoms with van der Waals surface area (Å²) >= 11 is 0. The van der Waals surface area contributed by atoms with Crippen molar-refractivity contribution in [3.63, 3.8) is 0 Å². The third-order valence-electron chi connectivity index (χ3n) is 3.77. The molecule has 2 N–H and O–H groups in total. The molecule has 24 heavy (non-hydrogen) atoms. The maximum atomic E-state index is 12.6. The van der Waals surface area contributed by atoms with Crippen LogP contribution < -0.4 is 15.2 Å². The number of amides is 1. The second-order valence-corrected chi connectivity index (χ2v) is 5.42. The number of carbonyl (C=O) groups excluding carboxylic acids is 1. The first-order valence-electron chi connectivity index (χ1n) is 7.51. The van der Waals surface area contributed by atoms with Crippen LogP contribution in [0.2, 0.25) is 0 Å². The fraction of sp³-hybridized carbons (Fsp3) is 0.533. The molecule has 9 nitrogen and oxygen atoms in total. The highest BCUT2D eigenvalue weighted by atomic mass is 16.6. The van der Waals surface area contributed by atoms with E-state index in [1.54, 1.807) is 0 Å². The number of methoxy groups -OCH3 is 2. The van der Waals surface area contributed by atoms with Crippen LogP contribution in [-0.2, 0) is 4.74 Å². The summed E-state index contributed by atoms with van der Waals surface area (Å²) in [7, 11) is 2.93. The van der Waals surface area contributed by atoms with Crippen molar-refractivity contribution < 1.29 is 23.9 Å². The first-order valence-corrected chi connectivity index (χ1v) is 7.51. The Labute approximate surface area is 139 Å². The summed E-state index contributed by atoms with van der Waals surface area (Å²) in [5.41, 5.74) is 5.44. The van der Waals surface area contributed by atoms with Crippen LogP contribution in [-0.4, -0.2) is 62.3 Å². The van der Waals surface area contributed by atoms with E-state index in [-0.39, 0.29) is 35.4 Å². The molecule has 1 saturated heterocycles. The minimum Gasteiger partial charge on any atom is -0.493 e. The molecule has 1 fully saturated rings. The van der Waals surface area contributed by atoms with Gasteiger partial charge in [-0.05, 0) is 6.42 Å². The molecule has 1 amide bonds. The molecule has 1 atom stereocenters. The van der Waals surface area contributed by atoms with E-state index in [2.05, 4.69) is 0 Å². The van der Waals surface area contributed by atoms with Crippen LogP contribution in [0, 0.1) is 10.1 Å². The Kier molecular flexibility index (Phi) is 5.93. The highest BCUT2D eigenvalue weighted by Gasteiger charge is 2.31. The average Bonchev–Trinajstić information content (AvgIpc) is 3.00. The van der Waals surface area contributed by atoms with Gasteiger partial charge in [0, 0.05) is 32.3 Å². The second kappa shape index (κ2) is 7.93. The predicted octanol–water partition coefficient (Wildman–Crippen LogP) is 0.802. The van der Waals surface area contributed by atoms with Gasteiger partial charge in [0.05, 0.1) is 24.7 Å². The zero-order chi connectivity index (χ0) is 17.7. The average molecular weight is 339 g/mol. The Morgan fingerprint density at radius 1 is 1.38 bits per heavy atom. The molecule has 1 aromatic rings. The number of carbonyl (C=O) groups is 1. The Hall–Kier alpha value is -2.39. The normalized spacial score (nSPS) is 17.0. The van der Waals surface area contributed by atoms with E-state index in [0.717, 1.165) is 0 Å². The Balaban J connectivity index is 2.35. The minimum absolute atomic E-state index is 0.0370. The van der Waals surface area contributed by atoms with E-state index in [1.165, 1.54) is 31.3 Å². The lowest BCUT2D eigenvalue weighted by molar-refractivity contribution is -0.385. The molecule has 0 saturated carbocycles. The lowest BCUT2D eigenvalue weighted by atomic mass is 10.1. The molecule has 0 aromatic heterocycles. The summed E-state index contributed by atoms with van der Waals surface area (Å²) in [6, 6.07) is 2.44. The number of nitrogens with two attached hydrogens (primary N) is 1. The Morgan fingerprint density at radius 2 is 2.12 bits per heavy atom. The van der Waals surface area contributed by atoms with Gasteiger partial charge in [0.1, 0.15) is 12.2 Å². The van der Waals surface area contributed by atoms with Crippen molar-refractivity contribution in [3.8, 4) is 11.5 Å². The van der Waals surface area contributed by atoms with Crippen LogP contribution in [0.15, 0.2) is 12.1 Å². The zero-order valence-electron chi connectivity index (χ0n) is 13.7. The smallest absolute Gasteiger partial charge is 0.286 e. The Morgan fingerprint density at radius 3 is 2.67 bits per heavy atom. The van der Waals surface area contributed by atoms with Gasteiger partial charge in [-0.1, -0.05) is 0 Å². The number of rotatable bonds is 7. The van der Waals surface area contributed by atoms with E-state index in [9.17, 15) is 14.9 Å². The number of benzene rings is 1. The molecule has 1 aromatic carbocycles. The summed E-state index contributed by atoms with van der Waals surface area (Å²) < 4.78 is 15.5. The molecule has 1 aliphatic rings. The minimum atomic E-state index is -0.605. The number of ether oxygens (including phenoxy) is 3. The first-order chi connectivity index (χ1) is 11.5. The quantitative estimate of drug-likeness (QED) is 0.443. The SMILES string of the molecule is COCCOc1cc([N+](=O)[O-])c(C(=O)N2CC[C@@H](N)C2)cc1OC. The van der Waals surface area contributed by atoms with Crippen molar-refractivity contribution in [2.24, 2.45) is 5.73 Å². The molecule has 1 aliphatic heterocycles. The van der Waals surface area contributed by atoms with Crippen LogP contribution in [0.5, 0.6) is 11.5 Å². The van der Waals surface area contributed by atoms with Crippen molar-refractivity contribution in [2.75, 3.05) is 40.5 Å². The third kappa shape index (κ3) is 3.92. The van der Waals surface area contributed by atoms with Gasteiger partial charge in [-0.3, -0.25) is 14.9 Å². The van der Waals surface area contributed by atoms with Crippen LogP contribution in [0.1, 0.15) is 16.8 Å². The second-order valence-electron chi connectivity index (χ2n) is 5.42. The fourth-order valence-electron chi connectivity index (χ4n) is 2.52. The van der Waals surface area contributed by atoms with Crippen molar-refractivity contribution in [2.45, 2.75) is 12.5 Å². The van der Waals surface area contributed by atoms with Gasteiger partial charge in [0.2, 0.25) is 0 Å². The molecule has 132 valence electrons. The number of nitro benzene ring substituents is 1. The molecule has 0 aliphatic carbocycles. The molecule has 9 heteroatoms. The third-order valence-corrected chi connectivity index (χ3v) is 3.77. The van der Waals surface area contributed by atoms with Crippen LogP contribution >= 0.6 is 0 Å². The van der Waals surface area contributed by atoms with Gasteiger partial charge in [-0.25, -0.2) is 0 Å². The summed E-state index contributed by atoms with van der Waals surface area (Å²) in [4.78, 5) is 24.9. The molecular formula is C15H21N3O6. The molecule has 0 unspecified atom stereocenters. The fourth-order valence-corrected chi connectivity index (χ4v) is 2.52. The molecule has 0 bridgehead atoms. The maximum Gasteiger partial charge on any atom is 0.286 e. The largest absolute Gasteiger partial charge is 0.493 e. The van der Waals surface area contributed by atoms with Crippen LogP contribution in [0.4, 0.5) is 5.69 Å². The first kappa shape index (κ1) is 18.0. The Bertz CT molecular complexity index is 621. The van der Waals surface area contributed by atoms with Crippen LogP contribution in [0.25, 0.3) is 0 Å². The maximum absolute atomic E-state index is 12.6. The highest BCUT2D eigenvalue weighted by molar-refractivity contribution is 5.99. The standard InChI is InChI=1S/C15H21N3O6/c1-22-5-6-24-14-8-12(18(20)21)11(7-13(14)23-2)15(19)17-4-3-10(16)9-17/h7-8,10H,3-6,9,16H2,1-2H3/t10-/m1/s1. The van der Waals surface area contributed by atoms with Gasteiger partial charge >= 0.3 is 0 Å². The van der Waals surface area contributed by atoms with E-state index in [4.69, 9.17) is 19.9 Å². The van der Waals surface area contributed by atoms with Gasteiger partial charge < -0.3 is 24.8 Å². The van der Waals surface area contributed by atoms with E-state index >= 15 is 0 Å². The van der Waals surface area contributed by atoms with Gasteiger partial charge in [-0.15, -0.1) is 0 Å². The number of hydrogen-bond donors (Lipinski definition) is 1. The van der Waals surface area contributed by atoms with E-state index < -0.39 is 10.8 Å².